The Hall–Kier alpha value is -2.13. The molecule has 20 heavy (non-hydrogen) atoms. The molecule has 3 rings (SSSR count). The molecule has 0 saturated carbocycles. The van der Waals surface area contributed by atoms with Gasteiger partial charge in [0.15, 0.2) is 0 Å². The number of nitrogens with zero attached hydrogens (tertiary/aromatic N) is 1. The second kappa shape index (κ2) is 5.10. The molecule has 1 heterocycles. The number of benzene rings is 2. The number of para-hydroxylation sites is 1. The molecular weight excluding hydrogens is 253 g/mol. The number of aliphatic hydroxyl groups is 1. The summed E-state index contributed by atoms with van der Waals surface area (Å²) in [4.78, 5) is 0. The van der Waals surface area contributed by atoms with Crippen LogP contribution in [0, 0.1) is 12.7 Å². The number of rotatable bonds is 3. The van der Waals surface area contributed by atoms with Gasteiger partial charge < -0.3 is 9.67 Å². The molecule has 0 radical (unpaired) electrons. The van der Waals surface area contributed by atoms with Crippen LogP contribution in [0.1, 0.15) is 16.7 Å². The SMILES string of the molecule is Cc1cc(F)ccc1Cn1cc(CO)c2ccccc21. The number of hydrogen-bond donors (Lipinski definition) is 1. The third-order valence-corrected chi connectivity index (χ3v) is 3.69. The third-order valence-electron chi connectivity index (χ3n) is 3.69. The van der Waals surface area contributed by atoms with E-state index in [0.29, 0.717) is 6.54 Å². The summed E-state index contributed by atoms with van der Waals surface area (Å²) in [5.74, 6) is -0.209. The molecule has 2 nitrogen and oxygen atoms in total. The zero-order chi connectivity index (χ0) is 14.1. The minimum atomic E-state index is -0.209. The van der Waals surface area contributed by atoms with Crippen LogP contribution in [0.25, 0.3) is 10.9 Å². The smallest absolute Gasteiger partial charge is 0.123 e. The first kappa shape index (κ1) is 12.9. The molecule has 3 aromatic rings. The molecule has 3 heteroatoms. The van der Waals surface area contributed by atoms with Crippen LogP contribution in [-0.4, -0.2) is 9.67 Å². The lowest BCUT2D eigenvalue weighted by Crippen LogP contribution is -2.00. The number of hydrogen-bond acceptors (Lipinski definition) is 1. The van der Waals surface area contributed by atoms with Crippen LogP contribution < -0.4 is 0 Å². The zero-order valence-electron chi connectivity index (χ0n) is 11.3. The first-order valence-electron chi connectivity index (χ1n) is 6.61. The molecule has 0 aliphatic carbocycles. The van der Waals surface area contributed by atoms with Crippen LogP contribution >= 0.6 is 0 Å². The van der Waals surface area contributed by atoms with Crippen molar-refractivity contribution < 1.29 is 9.50 Å². The van der Waals surface area contributed by atoms with Gasteiger partial charge in [-0.3, -0.25) is 0 Å². The Labute approximate surface area is 117 Å². The molecule has 2 aromatic carbocycles. The van der Waals surface area contributed by atoms with Gasteiger partial charge in [0.2, 0.25) is 0 Å². The van der Waals surface area contributed by atoms with Crippen LogP contribution in [0.5, 0.6) is 0 Å². The first-order valence-corrected chi connectivity index (χ1v) is 6.61. The molecule has 0 fully saturated rings. The normalized spacial score (nSPS) is 11.2. The van der Waals surface area contributed by atoms with Gasteiger partial charge in [0, 0.05) is 29.2 Å². The Kier molecular flexibility index (Phi) is 3.28. The molecular formula is C17H16FNO. The van der Waals surface area contributed by atoms with Gasteiger partial charge in [-0.2, -0.15) is 0 Å². The minimum absolute atomic E-state index is 0.0237. The molecule has 0 saturated heterocycles. The molecule has 0 spiro atoms. The molecule has 0 aliphatic heterocycles. The van der Waals surface area contributed by atoms with E-state index >= 15 is 0 Å². The summed E-state index contributed by atoms with van der Waals surface area (Å²) in [6.45, 7) is 2.61. The summed E-state index contributed by atoms with van der Waals surface area (Å²) >= 11 is 0. The van der Waals surface area contributed by atoms with Crippen LogP contribution in [0.15, 0.2) is 48.7 Å². The van der Waals surface area contributed by atoms with Crippen molar-refractivity contribution in [3.05, 3.63) is 71.2 Å². The lowest BCUT2D eigenvalue weighted by Gasteiger charge is -2.08. The van der Waals surface area contributed by atoms with Crippen molar-refractivity contribution >= 4 is 10.9 Å². The maximum Gasteiger partial charge on any atom is 0.123 e. The summed E-state index contributed by atoms with van der Waals surface area (Å²) in [7, 11) is 0. The Morgan fingerprint density at radius 2 is 1.90 bits per heavy atom. The van der Waals surface area contributed by atoms with Gasteiger partial charge in [0.05, 0.1) is 6.61 Å². The van der Waals surface area contributed by atoms with E-state index in [2.05, 4.69) is 4.57 Å². The van der Waals surface area contributed by atoms with E-state index in [0.717, 1.165) is 27.6 Å². The van der Waals surface area contributed by atoms with Crippen LogP contribution in [-0.2, 0) is 13.2 Å². The van der Waals surface area contributed by atoms with Gasteiger partial charge in [0.1, 0.15) is 5.82 Å². The maximum absolute atomic E-state index is 13.2. The third kappa shape index (κ3) is 2.21. The Morgan fingerprint density at radius 3 is 2.65 bits per heavy atom. The second-order valence-electron chi connectivity index (χ2n) is 5.03. The Morgan fingerprint density at radius 1 is 1.10 bits per heavy atom. The van der Waals surface area contributed by atoms with E-state index in [4.69, 9.17) is 0 Å². The van der Waals surface area contributed by atoms with E-state index in [1.54, 1.807) is 6.07 Å². The van der Waals surface area contributed by atoms with Crippen molar-refractivity contribution in [1.82, 2.24) is 4.57 Å². The molecule has 1 aromatic heterocycles. The highest BCUT2D eigenvalue weighted by atomic mass is 19.1. The quantitative estimate of drug-likeness (QED) is 0.771. The summed E-state index contributed by atoms with van der Waals surface area (Å²) in [5, 5.41) is 10.5. The van der Waals surface area contributed by atoms with Gasteiger partial charge >= 0.3 is 0 Å². The fourth-order valence-electron chi connectivity index (χ4n) is 2.60. The van der Waals surface area contributed by atoms with Crippen LogP contribution in [0.4, 0.5) is 4.39 Å². The predicted octanol–water partition coefficient (Wildman–Crippen LogP) is 3.63. The highest BCUT2D eigenvalue weighted by molar-refractivity contribution is 5.83. The molecule has 0 amide bonds. The maximum atomic E-state index is 13.2. The molecule has 102 valence electrons. The topological polar surface area (TPSA) is 25.2 Å². The van der Waals surface area contributed by atoms with E-state index < -0.39 is 0 Å². The summed E-state index contributed by atoms with van der Waals surface area (Å²) in [5.41, 5.74) is 4.02. The lowest BCUT2D eigenvalue weighted by molar-refractivity contribution is 0.283. The molecule has 0 bridgehead atoms. The number of aliphatic hydroxyl groups excluding tert-OH is 1. The molecule has 0 aliphatic rings. The molecule has 0 atom stereocenters. The van der Waals surface area contributed by atoms with E-state index in [-0.39, 0.29) is 12.4 Å². The van der Waals surface area contributed by atoms with E-state index in [1.165, 1.54) is 6.07 Å². The zero-order valence-corrected chi connectivity index (χ0v) is 11.3. The highest BCUT2D eigenvalue weighted by Gasteiger charge is 2.08. The summed E-state index contributed by atoms with van der Waals surface area (Å²) < 4.78 is 15.3. The molecule has 0 unspecified atom stereocenters. The van der Waals surface area contributed by atoms with Crippen LogP contribution in [0.2, 0.25) is 0 Å². The van der Waals surface area contributed by atoms with Gasteiger partial charge in [-0.25, -0.2) is 4.39 Å². The van der Waals surface area contributed by atoms with Crippen molar-refractivity contribution in [3.8, 4) is 0 Å². The number of halogens is 1. The van der Waals surface area contributed by atoms with Gasteiger partial charge in [0.25, 0.3) is 0 Å². The van der Waals surface area contributed by atoms with Crippen molar-refractivity contribution in [3.63, 3.8) is 0 Å². The largest absolute Gasteiger partial charge is 0.392 e. The highest BCUT2D eigenvalue weighted by Crippen LogP contribution is 2.23. The van der Waals surface area contributed by atoms with Crippen LogP contribution in [0.3, 0.4) is 0 Å². The van der Waals surface area contributed by atoms with Gasteiger partial charge in [-0.15, -0.1) is 0 Å². The summed E-state index contributed by atoms with van der Waals surface area (Å²) in [6.07, 6.45) is 1.97. The van der Waals surface area contributed by atoms with Gasteiger partial charge in [-0.1, -0.05) is 24.3 Å². The molecule has 1 N–H and O–H groups in total. The fourth-order valence-corrected chi connectivity index (χ4v) is 2.60. The minimum Gasteiger partial charge on any atom is -0.392 e. The summed E-state index contributed by atoms with van der Waals surface area (Å²) in [6, 6.07) is 12.8. The lowest BCUT2D eigenvalue weighted by atomic mass is 10.1. The predicted molar refractivity (Wildman–Crippen MR) is 78.1 cm³/mol. The average Bonchev–Trinajstić information content (AvgIpc) is 2.80. The fraction of sp³-hybridized carbons (Fsp3) is 0.176. The van der Waals surface area contributed by atoms with Crippen molar-refractivity contribution in [2.24, 2.45) is 0 Å². The standard InChI is InChI=1S/C17H16FNO/c1-12-8-15(18)7-6-13(12)9-19-10-14(11-20)16-4-2-3-5-17(16)19/h2-8,10,20H,9,11H2,1H3. The van der Waals surface area contributed by atoms with Crippen molar-refractivity contribution in [2.75, 3.05) is 0 Å². The Bertz CT molecular complexity index is 761. The second-order valence-corrected chi connectivity index (χ2v) is 5.03. The monoisotopic (exact) mass is 269 g/mol. The van der Waals surface area contributed by atoms with E-state index in [1.807, 2.05) is 43.5 Å². The Balaban J connectivity index is 2.06. The number of fused-ring (bicyclic) bond motifs is 1. The number of aromatic nitrogens is 1. The van der Waals surface area contributed by atoms with Crippen molar-refractivity contribution in [2.45, 2.75) is 20.1 Å². The van der Waals surface area contributed by atoms with E-state index in [9.17, 15) is 9.50 Å². The van der Waals surface area contributed by atoms with Gasteiger partial charge in [-0.05, 0) is 36.2 Å². The van der Waals surface area contributed by atoms with Crippen molar-refractivity contribution in [1.29, 1.82) is 0 Å². The number of aryl methyl sites for hydroxylation is 1. The first-order chi connectivity index (χ1) is 9.69. The average molecular weight is 269 g/mol.